The van der Waals surface area contributed by atoms with Gasteiger partial charge in [-0.05, 0) is 19.1 Å². The van der Waals surface area contributed by atoms with Crippen molar-refractivity contribution in [2.45, 2.75) is 12.3 Å². The van der Waals surface area contributed by atoms with Gasteiger partial charge < -0.3 is 9.15 Å². The van der Waals surface area contributed by atoms with Crippen LogP contribution in [0.25, 0.3) is 0 Å². The zero-order valence-electron chi connectivity index (χ0n) is 6.67. The molecule has 1 aromatic rings. The first-order chi connectivity index (χ1) is 5.77. The molecule has 0 aliphatic heterocycles. The molecule has 0 aliphatic carbocycles. The number of rotatable bonds is 3. The van der Waals surface area contributed by atoms with Crippen LogP contribution in [0.4, 0.5) is 0 Å². The Labute approximate surface area is 78.8 Å². The molecule has 0 saturated heterocycles. The van der Waals surface area contributed by atoms with Crippen molar-refractivity contribution in [2.24, 2.45) is 0 Å². The third-order valence-electron chi connectivity index (χ3n) is 1.27. The molecular weight excluding hydrogens is 224 g/mol. The minimum absolute atomic E-state index is 0.256. The largest absolute Gasteiger partial charge is 0.460 e. The molecule has 0 bridgehead atoms. The lowest BCUT2D eigenvalue weighted by Crippen LogP contribution is -2.02. The second kappa shape index (κ2) is 4.30. The number of esters is 1. The van der Waals surface area contributed by atoms with Gasteiger partial charge in [-0.3, -0.25) is 0 Å². The van der Waals surface area contributed by atoms with Crippen LogP contribution >= 0.6 is 15.9 Å². The highest BCUT2D eigenvalue weighted by Crippen LogP contribution is 2.11. The van der Waals surface area contributed by atoms with E-state index >= 15 is 0 Å². The molecule has 1 aromatic heterocycles. The number of carbonyl (C=O) groups excluding carboxylic acids is 1. The second-order valence-corrected chi connectivity index (χ2v) is 2.68. The second-order valence-electron chi connectivity index (χ2n) is 2.12. The predicted octanol–water partition coefficient (Wildman–Crippen LogP) is 2.35. The summed E-state index contributed by atoms with van der Waals surface area (Å²) in [6.45, 7) is 2.12. The summed E-state index contributed by atoms with van der Waals surface area (Å²) in [5, 5.41) is 0.604. The van der Waals surface area contributed by atoms with Crippen LogP contribution in [0.2, 0.25) is 0 Å². The molecule has 0 N–H and O–H groups in total. The fourth-order valence-corrected chi connectivity index (χ4v) is 1.06. The van der Waals surface area contributed by atoms with E-state index in [1.54, 1.807) is 19.1 Å². The molecule has 4 heteroatoms. The van der Waals surface area contributed by atoms with E-state index in [4.69, 9.17) is 9.15 Å². The summed E-state index contributed by atoms with van der Waals surface area (Å²) in [6.07, 6.45) is 0. The van der Waals surface area contributed by atoms with Crippen LogP contribution in [0.1, 0.15) is 23.2 Å². The molecule has 0 atom stereocenters. The Morgan fingerprint density at radius 2 is 2.42 bits per heavy atom. The van der Waals surface area contributed by atoms with E-state index in [1.165, 1.54) is 0 Å². The maximum Gasteiger partial charge on any atom is 0.374 e. The summed E-state index contributed by atoms with van der Waals surface area (Å²) >= 11 is 3.21. The smallest absolute Gasteiger partial charge is 0.374 e. The standard InChI is InChI=1S/C8H9BrO3/c1-2-11-8(10)7-4-3-6(5-9)12-7/h3-4H,2,5H2,1H3. The summed E-state index contributed by atoms with van der Waals surface area (Å²) in [4.78, 5) is 11.0. The third-order valence-corrected chi connectivity index (χ3v) is 1.82. The molecule has 12 heavy (non-hydrogen) atoms. The Morgan fingerprint density at radius 3 is 2.92 bits per heavy atom. The first kappa shape index (κ1) is 9.32. The van der Waals surface area contributed by atoms with Crippen LogP contribution in [0.5, 0.6) is 0 Å². The molecule has 0 fully saturated rings. The number of carbonyl (C=O) groups is 1. The van der Waals surface area contributed by atoms with Gasteiger partial charge in [0.05, 0.1) is 11.9 Å². The Kier molecular flexibility index (Phi) is 3.34. The summed E-state index contributed by atoms with van der Waals surface area (Å²) in [6, 6.07) is 3.34. The van der Waals surface area contributed by atoms with Crippen LogP contribution in [-0.2, 0) is 10.1 Å². The van der Waals surface area contributed by atoms with Gasteiger partial charge in [-0.2, -0.15) is 0 Å². The number of hydrogen-bond acceptors (Lipinski definition) is 3. The molecule has 0 aliphatic rings. The van der Waals surface area contributed by atoms with E-state index < -0.39 is 5.97 Å². The van der Waals surface area contributed by atoms with Gasteiger partial charge in [0.15, 0.2) is 0 Å². The Morgan fingerprint density at radius 1 is 1.67 bits per heavy atom. The Bertz CT molecular complexity index is 267. The minimum Gasteiger partial charge on any atom is -0.460 e. The third kappa shape index (κ3) is 2.11. The molecule has 0 aromatic carbocycles. The van der Waals surface area contributed by atoms with Gasteiger partial charge in [0, 0.05) is 0 Å². The molecule has 0 spiro atoms. The molecule has 0 unspecified atom stereocenters. The van der Waals surface area contributed by atoms with E-state index in [1.807, 2.05) is 0 Å². The topological polar surface area (TPSA) is 39.4 Å². The van der Waals surface area contributed by atoms with E-state index in [0.717, 1.165) is 5.76 Å². The molecule has 1 rings (SSSR count). The highest BCUT2D eigenvalue weighted by molar-refractivity contribution is 9.08. The van der Waals surface area contributed by atoms with Gasteiger partial charge in [-0.1, -0.05) is 15.9 Å². The highest BCUT2D eigenvalue weighted by Gasteiger charge is 2.10. The normalized spacial score (nSPS) is 9.83. The molecule has 0 amide bonds. The van der Waals surface area contributed by atoms with Crippen molar-refractivity contribution in [1.82, 2.24) is 0 Å². The zero-order valence-corrected chi connectivity index (χ0v) is 8.26. The fourth-order valence-electron chi connectivity index (χ4n) is 0.762. The van der Waals surface area contributed by atoms with E-state index in [2.05, 4.69) is 15.9 Å². The van der Waals surface area contributed by atoms with Crippen molar-refractivity contribution in [2.75, 3.05) is 6.61 Å². The number of ether oxygens (including phenoxy) is 1. The van der Waals surface area contributed by atoms with Crippen molar-refractivity contribution >= 4 is 21.9 Å². The van der Waals surface area contributed by atoms with Gasteiger partial charge in [-0.15, -0.1) is 0 Å². The first-order valence-electron chi connectivity index (χ1n) is 3.59. The number of halogens is 1. The number of alkyl halides is 1. The van der Waals surface area contributed by atoms with Gasteiger partial charge in [0.25, 0.3) is 0 Å². The van der Waals surface area contributed by atoms with Crippen LogP contribution in [0.15, 0.2) is 16.5 Å². The van der Waals surface area contributed by atoms with Crippen LogP contribution < -0.4 is 0 Å². The Balaban J connectivity index is 2.68. The van der Waals surface area contributed by atoms with Gasteiger partial charge in [0.2, 0.25) is 5.76 Å². The van der Waals surface area contributed by atoms with Crippen LogP contribution in [-0.4, -0.2) is 12.6 Å². The quantitative estimate of drug-likeness (QED) is 0.594. The van der Waals surface area contributed by atoms with Crippen molar-refractivity contribution < 1.29 is 13.9 Å². The molecular formula is C8H9BrO3. The summed E-state index contributed by atoms with van der Waals surface area (Å²) in [7, 11) is 0. The fraction of sp³-hybridized carbons (Fsp3) is 0.375. The monoisotopic (exact) mass is 232 g/mol. The molecule has 1 heterocycles. The van der Waals surface area contributed by atoms with Gasteiger partial charge in [-0.25, -0.2) is 4.79 Å². The Hall–Kier alpha value is -0.770. The SMILES string of the molecule is CCOC(=O)c1ccc(CBr)o1. The maximum atomic E-state index is 11.0. The van der Waals surface area contributed by atoms with Crippen LogP contribution in [0.3, 0.4) is 0 Å². The lowest BCUT2D eigenvalue weighted by Gasteiger charge is -1.96. The lowest BCUT2D eigenvalue weighted by atomic mass is 10.4. The average Bonchev–Trinajstić information content (AvgIpc) is 2.52. The highest BCUT2D eigenvalue weighted by atomic mass is 79.9. The van der Waals surface area contributed by atoms with Gasteiger partial charge in [0.1, 0.15) is 5.76 Å². The summed E-state index contributed by atoms with van der Waals surface area (Å²) in [5.41, 5.74) is 0. The number of furan rings is 1. The van der Waals surface area contributed by atoms with Crippen molar-refractivity contribution in [3.63, 3.8) is 0 Å². The van der Waals surface area contributed by atoms with Crippen molar-refractivity contribution in [3.05, 3.63) is 23.7 Å². The van der Waals surface area contributed by atoms with E-state index in [-0.39, 0.29) is 5.76 Å². The lowest BCUT2D eigenvalue weighted by molar-refractivity contribution is 0.0488. The minimum atomic E-state index is -0.412. The summed E-state index contributed by atoms with van der Waals surface area (Å²) < 4.78 is 9.86. The van der Waals surface area contributed by atoms with E-state index in [0.29, 0.717) is 11.9 Å². The van der Waals surface area contributed by atoms with E-state index in [9.17, 15) is 4.79 Å². The maximum absolute atomic E-state index is 11.0. The average molecular weight is 233 g/mol. The zero-order chi connectivity index (χ0) is 8.97. The van der Waals surface area contributed by atoms with Crippen LogP contribution in [0, 0.1) is 0 Å². The summed E-state index contributed by atoms with van der Waals surface area (Å²) in [5.74, 6) is 0.564. The van der Waals surface area contributed by atoms with Gasteiger partial charge >= 0.3 is 5.97 Å². The molecule has 3 nitrogen and oxygen atoms in total. The first-order valence-corrected chi connectivity index (χ1v) is 4.72. The molecule has 0 radical (unpaired) electrons. The van der Waals surface area contributed by atoms with Crippen molar-refractivity contribution in [1.29, 1.82) is 0 Å². The molecule has 0 saturated carbocycles. The predicted molar refractivity (Wildman–Crippen MR) is 47.3 cm³/mol. The molecule has 66 valence electrons. The number of hydrogen-bond donors (Lipinski definition) is 0. The van der Waals surface area contributed by atoms with Crippen molar-refractivity contribution in [3.8, 4) is 0 Å².